The number of anilines is 1. The molecule has 0 fully saturated rings. The van der Waals surface area contributed by atoms with E-state index in [9.17, 15) is 9.90 Å². The molecule has 3 aromatic carbocycles. The van der Waals surface area contributed by atoms with E-state index in [2.05, 4.69) is 5.32 Å². The third-order valence-electron chi connectivity index (χ3n) is 4.28. The molecule has 0 bridgehead atoms. The molecule has 1 amide bonds. The third-order valence-corrected chi connectivity index (χ3v) is 4.28. The Morgan fingerprint density at radius 2 is 1.83 bits per heavy atom. The summed E-state index contributed by atoms with van der Waals surface area (Å²) >= 11 is 0. The molecule has 148 valence electrons. The van der Waals surface area contributed by atoms with E-state index in [1.807, 2.05) is 42.5 Å². The minimum absolute atomic E-state index is 0.0257. The van der Waals surface area contributed by atoms with E-state index in [-0.39, 0.29) is 11.7 Å². The molecule has 0 unspecified atom stereocenters. The van der Waals surface area contributed by atoms with Gasteiger partial charge >= 0.3 is 0 Å². The summed E-state index contributed by atoms with van der Waals surface area (Å²) in [5, 5.41) is 12.7. The fourth-order valence-corrected chi connectivity index (χ4v) is 2.75. The standard InChI is InChI=1S/C24H23NO4/c1-17(13-19-11-12-23(28-2)22(26)14-19)24(27)25-20-9-6-10-21(15-20)29-16-18-7-4-3-5-8-18/h3-15,26H,16H2,1-2H3,(H,25,27). The number of nitrogens with one attached hydrogen (secondary N) is 1. The molecule has 3 aromatic rings. The average molecular weight is 389 g/mol. The topological polar surface area (TPSA) is 67.8 Å². The highest BCUT2D eigenvalue weighted by molar-refractivity contribution is 6.06. The number of phenols is 1. The number of benzene rings is 3. The lowest BCUT2D eigenvalue weighted by Gasteiger charge is -2.10. The third kappa shape index (κ3) is 5.62. The molecule has 5 heteroatoms. The van der Waals surface area contributed by atoms with Crippen molar-refractivity contribution in [2.45, 2.75) is 13.5 Å². The van der Waals surface area contributed by atoms with Crippen molar-refractivity contribution in [3.8, 4) is 17.2 Å². The summed E-state index contributed by atoms with van der Waals surface area (Å²) in [4.78, 5) is 12.5. The minimum atomic E-state index is -0.236. The molecule has 0 aromatic heterocycles. The molecule has 2 N–H and O–H groups in total. The van der Waals surface area contributed by atoms with E-state index < -0.39 is 0 Å². The highest BCUT2D eigenvalue weighted by Crippen LogP contribution is 2.27. The Bertz CT molecular complexity index is 1010. The zero-order valence-electron chi connectivity index (χ0n) is 16.4. The van der Waals surface area contributed by atoms with Crippen molar-refractivity contribution >= 4 is 17.7 Å². The maximum absolute atomic E-state index is 12.5. The van der Waals surface area contributed by atoms with Crippen molar-refractivity contribution < 1.29 is 19.4 Å². The molecule has 0 aliphatic heterocycles. The van der Waals surface area contributed by atoms with Gasteiger partial charge in [0.2, 0.25) is 0 Å². The lowest BCUT2D eigenvalue weighted by Crippen LogP contribution is -2.12. The van der Waals surface area contributed by atoms with E-state index in [0.29, 0.717) is 34.9 Å². The zero-order valence-corrected chi connectivity index (χ0v) is 16.4. The molecule has 0 heterocycles. The van der Waals surface area contributed by atoms with Gasteiger partial charge in [0.25, 0.3) is 5.91 Å². The van der Waals surface area contributed by atoms with Crippen LogP contribution in [0.3, 0.4) is 0 Å². The largest absolute Gasteiger partial charge is 0.504 e. The van der Waals surface area contributed by atoms with Gasteiger partial charge in [0.1, 0.15) is 12.4 Å². The van der Waals surface area contributed by atoms with Gasteiger partial charge in [-0.05, 0) is 48.4 Å². The quantitative estimate of drug-likeness (QED) is 0.557. The fraction of sp³-hybridized carbons (Fsp3) is 0.125. The van der Waals surface area contributed by atoms with E-state index in [1.165, 1.54) is 7.11 Å². The normalized spacial score (nSPS) is 11.0. The predicted octanol–water partition coefficient (Wildman–Crippen LogP) is 5.02. The first-order valence-corrected chi connectivity index (χ1v) is 9.18. The molecular formula is C24H23NO4. The van der Waals surface area contributed by atoms with Crippen LogP contribution in [0.2, 0.25) is 0 Å². The second-order valence-corrected chi connectivity index (χ2v) is 6.51. The molecule has 0 saturated heterocycles. The lowest BCUT2D eigenvalue weighted by molar-refractivity contribution is -0.112. The molecule has 0 spiro atoms. The molecule has 3 rings (SSSR count). The van der Waals surface area contributed by atoms with Gasteiger partial charge in [-0.3, -0.25) is 4.79 Å². The van der Waals surface area contributed by atoms with E-state index in [4.69, 9.17) is 9.47 Å². The van der Waals surface area contributed by atoms with Crippen LogP contribution in [-0.4, -0.2) is 18.1 Å². The number of ether oxygens (including phenoxy) is 2. The first-order chi connectivity index (χ1) is 14.0. The molecule has 0 aliphatic carbocycles. The van der Waals surface area contributed by atoms with Crippen LogP contribution in [-0.2, 0) is 11.4 Å². The van der Waals surface area contributed by atoms with Crippen LogP contribution in [0.5, 0.6) is 17.2 Å². The SMILES string of the molecule is COc1ccc(C=C(C)C(=O)Nc2cccc(OCc3ccccc3)c2)cc1O. The Morgan fingerprint density at radius 3 is 2.55 bits per heavy atom. The lowest BCUT2D eigenvalue weighted by atomic mass is 10.1. The van der Waals surface area contributed by atoms with Crippen molar-refractivity contribution in [1.82, 2.24) is 0 Å². The number of hydrogen-bond acceptors (Lipinski definition) is 4. The van der Waals surface area contributed by atoms with Crippen molar-refractivity contribution in [2.24, 2.45) is 0 Å². The number of amides is 1. The monoisotopic (exact) mass is 389 g/mol. The number of methoxy groups -OCH3 is 1. The molecular weight excluding hydrogens is 366 g/mol. The van der Waals surface area contributed by atoms with Crippen molar-refractivity contribution in [3.63, 3.8) is 0 Å². The van der Waals surface area contributed by atoms with Crippen molar-refractivity contribution in [3.05, 3.63) is 89.5 Å². The Morgan fingerprint density at radius 1 is 1.03 bits per heavy atom. The first-order valence-electron chi connectivity index (χ1n) is 9.18. The van der Waals surface area contributed by atoms with Gasteiger partial charge in [0.05, 0.1) is 7.11 Å². The maximum Gasteiger partial charge on any atom is 0.251 e. The summed E-state index contributed by atoms with van der Waals surface area (Å²) < 4.78 is 10.8. The summed E-state index contributed by atoms with van der Waals surface area (Å²) in [6.07, 6.45) is 1.70. The second-order valence-electron chi connectivity index (χ2n) is 6.51. The van der Waals surface area contributed by atoms with Crippen molar-refractivity contribution in [2.75, 3.05) is 12.4 Å². The number of carbonyl (C=O) groups excluding carboxylic acids is 1. The molecule has 29 heavy (non-hydrogen) atoms. The van der Waals surface area contributed by atoms with Crippen LogP contribution in [0.1, 0.15) is 18.1 Å². The van der Waals surface area contributed by atoms with Crippen LogP contribution in [0, 0.1) is 0 Å². The Labute approximate surface area is 170 Å². The summed E-state index contributed by atoms with van der Waals surface area (Å²) in [6.45, 7) is 2.17. The molecule has 0 atom stereocenters. The maximum atomic E-state index is 12.5. The number of hydrogen-bond donors (Lipinski definition) is 2. The van der Waals surface area contributed by atoms with Gasteiger partial charge in [0.15, 0.2) is 11.5 Å². The zero-order chi connectivity index (χ0) is 20.6. The molecule has 0 saturated carbocycles. The average Bonchev–Trinajstić information content (AvgIpc) is 2.73. The van der Waals surface area contributed by atoms with Crippen LogP contribution >= 0.6 is 0 Å². The number of rotatable bonds is 7. The van der Waals surface area contributed by atoms with E-state index >= 15 is 0 Å². The molecule has 5 nitrogen and oxygen atoms in total. The first kappa shape index (κ1) is 20.0. The Hall–Kier alpha value is -3.73. The second kappa shape index (κ2) is 9.46. The summed E-state index contributed by atoms with van der Waals surface area (Å²) in [7, 11) is 1.49. The minimum Gasteiger partial charge on any atom is -0.504 e. The van der Waals surface area contributed by atoms with Gasteiger partial charge in [-0.25, -0.2) is 0 Å². The van der Waals surface area contributed by atoms with Crippen LogP contribution in [0.4, 0.5) is 5.69 Å². The molecule has 0 radical (unpaired) electrons. The summed E-state index contributed by atoms with van der Waals surface area (Å²) in [5.41, 5.74) is 2.93. The summed E-state index contributed by atoms with van der Waals surface area (Å²) in [6, 6.07) is 22.1. The van der Waals surface area contributed by atoms with Crippen LogP contribution < -0.4 is 14.8 Å². The molecule has 0 aliphatic rings. The highest BCUT2D eigenvalue weighted by atomic mass is 16.5. The van der Waals surface area contributed by atoms with E-state index in [0.717, 1.165) is 5.56 Å². The Balaban J connectivity index is 1.64. The van der Waals surface area contributed by atoms with E-state index in [1.54, 1.807) is 43.3 Å². The Kier molecular flexibility index (Phi) is 6.53. The number of carbonyl (C=O) groups is 1. The van der Waals surface area contributed by atoms with Crippen molar-refractivity contribution in [1.29, 1.82) is 0 Å². The van der Waals surface area contributed by atoms with Gasteiger partial charge in [-0.1, -0.05) is 42.5 Å². The van der Waals surface area contributed by atoms with Gasteiger partial charge in [-0.15, -0.1) is 0 Å². The summed E-state index contributed by atoms with van der Waals surface area (Å²) in [5.74, 6) is 0.850. The van der Waals surface area contributed by atoms with Gasteiger partial charge < -0.3 is 19.9 Å². The smallest absolute Gasteiger partial charge is 0.251 e. The number of aromatic hydroxyl groups is 1. The van der Waals surface area contributed by atoms with Crippen LogP contribution in [0.15, 0.2) is 78.4 Å². The fourth-order valence-electron chi connectivity index (χ4n) is 2.75. The van der Waals surface area contributed by atoms with Gasteiger partial charge in [0, 0.05) is 17.3 Å². The van der Waals surface area contributed by atoms with Crippen LogP contribution in [0.25, 0.3) is 6.08 Å². The highest BCUT2D eigenvalue weighted by Gasteiger charge is 2.08. The number of phenolic OH excluding ortho intramolecular Hbond substituents is 1. The van der Waals surface area contributed by atoms with Gasteiger partial charge in [-0.2, -0.15) is 0 Å². The predicted molar refractivity (Wildman–Crippen MR) is 114 cm³/mol.